The van der Waals surface area contributed by atoms with E-state index in [4.69, 9.17) is 15.0 Å². The van der Waals surface area contributed by atoms with E-state index in [1.807, 2.05) is 0 Å². The van der Waals surface area contributed by atoms with E-state index in [9.17, 15) is 0 Å². The van der Waals surface area contributed by atoms with Gasteiger partial charge in [-0.25, -0.2) is 0 Å². The quantitative estimate of drug-likeness (QED) is 0.123. The van der Waals surface area contributed by atoms with Gasteiger partial charge in [-0.3, -0.25) is 0 Å². The number of hydrogen-bond donors (Lipinski definition) is 1. The second kappa shape index (κ2) is 21.4. The first-order valence-electron chi connectivity index (χ1n) is 14.9. The SMILES string of the molecule is CCCCCCCCCCCSc1nc(NCCCN2CCN(C)CC2)nc(SCCCCCC)n1. The molecule has 1 aliphatic rings. The second-order valence-corrected chi connectivity index (χ2v) is 12.4. The number of anilines is 1. The minimum atomic E-state index is 0.758. The number of hydrogen-bond acceptors (Lipinski definition) is 8. The Labute approximate surface area is 231 Å². The average Bonchev–Trinajstić information content (AvgIpc) is 2.88. The van der Waals surface area contributed by atoms with Crippen molar-refractivity contribution in [3.05, 3.63) is 0 Å². The van der Waals surface area contributed by atoms with Crippen LogP contribution in [-0.2, 0) is 0 Å². The lowest BCUT2D eigenvalue weighted by molar-refractivity contribution is 0.154. The summed E-state index contributed by atoms with van der Waals surface area (Å²) in [5, 5.41) is 5.28. The van der Waals surface area contributed by atoms with E-state index >= 15 is 0 Å². The predicted octanol–water partition coefficient (Wildman–Crippen LogP) is 7.22. The Balaban J connectivity index is 1.72. The summed E-state index contributed by atoms with van der Waals surface area (Å²) in [6, 6.07) is 0. The van der Waals surface area contributed by atoms with Crippen molar-refractivity contribution in [3.63, 3.8) is 0 Å². The Morgan fingerprint density at radius 3 is 1.69 bits per heavy atom. The van der Waals surface area contributed by atoms with E-state index in [2.05, 4.69) is 36.0 Å². The first-order valence-corrected chi connectivity index (χ1v) is 16.8. The smallest absolute Gasteiger partial charge is 0.227 e. The highest BCUT2D eigenvalue weighted by molar-refractivity contribution is 7.99. The van der Waals surface area contributed by atoms with Crippen LogP contribution >= 0.6 is 23.5 Å². The molecule has 8 heteroatoms. The molecule has 36 heavy (non-hydrogen) atoms. The molecule has 1 aromatic heterocycles. The molecule has 1 saturated heterocycles. The number of thioether (sulfide) groups is 2. The lowest BCUT2D eigenvalue weighted by Crippen LogP contribution is -2.44. The number of rotatable bonds is 22. The standard InChI is InChI=1S/C28H54N6S2/c1-4-6-8-10-11-12-13-14-16-25-36-28-31-26(30-27(32-28)35-24-15-9-7-5-2)29-18-17-19-34-22-20-33(3)21-23-34/h4-25H2,1-3H3,(H,29,30,31,32). The molecule has 0 atom stereocenters. The van der Waals surface area contributed by atoms with Crippen LogP contribution in [0.4, 0.5) is 5.95 Å². The van der Waals surface area contributed by atoms with E-state index in [0.717, 1.165) is 47.3 Å². The summed E-state index contributed by atoms with van der Waals surface area (Å²) in [5.41, 5.74) is 0. The van der Waals surface area contributed by atoms with Gasteiger partial charge in [0.2, 0.25) is 5.95 Å². The molecule has 1 aromatic rings. The molecular weight excluding hydrogens is 484 g/mol. The minimum absolute atomic E-state index is 0.758. The van der Waals surface area contributed by atoms with Gasteiger partial charge in [0.1, 0.15) is 0 Å². The topological polar surface area (TPSA) is 57.2 Å². The van der Waals surface area contributed by atoms with Crippen LogP contribution in [-0.4, -0.2) is 82.6 Å². The maximum Gasteiger partial charge on any atom is 0.227 e. The molecule has 0 saturated carbocycles. The lowest BCUT2D eigenvalue weighted by Gasteiger charge is -2.32. The summed E-state index contributed by atoms with van der Waals surface area (Å²) in [7, 11) is 2.21. The number of nitrogens with zero attached hydrogens (tertiary/aromatic N) is 5. The fraction of sp³-hybridized carbons (Fsp3) is 0.893. The van der Waals surface area contributed by atoms with Gasteiger partial charge in [0, 0.05) is 44.2 Å². The molecule has 0 aromatic carbocycles. The summed E-state index contributed by atoms with van der Waals surface area (Å²) < 4.78 is 0. The zero-order valence-corrected chi connectivity index (χ0v) is 25.2. The van der Waals surface area contributed by atoms with Crippen molar-refractivity contribution in [3.8, 4) is 0 Å². The molecule has 1 fully saturated rings. The van der Waals surface area contributed by atoms with Crippen LogP contribution in [0.25, 0.3) is 0 Å². The molecule has 6 nitrogen and oxygen atoms in total. The van der Waals surface area contributed by atoms with E-state index in [1.54, 1.807) is 23.5 Å². The molecule has 0 bridgehead atoms. The highest BCUT2D eigenvalue weighted by Gasteiger charge is 2.13. The lowest BCUT2D eigenvalue weighted by atomic mass is 10.1. The molecule has 0 aliphatic carbocycles. The van der Waals surface area contributed by atoms with Gasteiger partial charge in [-0.15, -0.1) is 0 Å². The molecule has 2 heterocycles. The van der Waals surface area contributed by atoms with Crippen LogP contribution in [0.2, 0.25) is 0 Å². The summed E-state index contributed by atoms with van der Waals surface area (Å²) in [6.45, 7) is 11.3. The molecule has 0 radical (unpaired) electrons. The number of piperazine rings is 1. The fourth-order valence-electron chi connectivity index (χ4n) is 4.39. The van der Waals surface area contributed by atoms with Gasteiger partial charge in [-0.05, 0) is 32.9 Å². The first kappa shape index (κ1) is 31.6. The molecule has 0 amide bonds. The van der Waals surface area contributed by atoms with E-state index in [0.29, 0.717) is 0 Å². The third-order valence-electron chi connectivity index (χ3n) is 6.83. The summed E-state index contributed by atoms with van der Waals surface area (Å²) in [6.07, 6.45) is 18.5. The van der Waals surface area contributed by atoms with Gasteiger partial charge >= 0.3 is 0 Å². The number of nitrogens with one attached hydrogen (secondary N) is 1. The summed E-state index contributed by atoms with van der Waals surface area (Å²) in [5.74, 6) is 2.95. The van der Waals surface area contributed by atoms with Crippen LogP contribution < -0.4 is 5.32 Å². The second-order valence-electron chi connectivity index (χ2n) is 10.2. The van der Waals surface area contributed by atoms with Gasteiger partial charge in [-0.1, -0.05) is 108 Å². The van der Waals surface area contributed by atoms with E-state index < -0.39 is 0 Å². The third-order valence-corrected chi connectivity index (χ3v) is 8.70. The number of unbranched alkanes of at least 4 members (excludes halogenated alkanes) is 11. The van der Waals surface area contributed by atoms with Gasteiger partial charge in [0.15, 0.2) is 10.3 Å². The van der Waals surface area contributed by atoms with Crippen molar-refractivity contribution in [2.24, 2.45) is 0 Å². The molecule has 1 aliphatic heterocycles. The van der Waals surface area contributed by atoms with Crippen LogP contribution in [0, 0.1) is 0 Å². The van der Waals surface area contributed by atoms with Gasteiger partial charge in [0.25, 0.3) is 0 Å². The largest absolute Gasteiger partial charge is 0.354 e. The van der Waals surface area contributed by atoms with Crippen molar-refractivity contribution < 1.29 is 0 Å². The minimum Gasteiger partial charge on any atom is -0.354 e. The zero-order chi connectivity index (χ0) is 25.7. The van der Waals surface area contributed by atoms with Crippen molar-refractivity contribution in [2.75, 3.05) is 63.1 Å². The summed E-state index contributed by atoms with van der Waals surface area (Å²) in [4.78, 5) is 19.3. The molecule has 2 rings (SSSR count). The number of aromatic nitrogens is 3. The zero-order valence-electron chi connectivity index (χ0n) is 23.6. The van der Waals surface area contributed by atoms with Gasteiger partial charge in [0.05, 0.1) is 0 Å². The Kier molecular flexibility index (Phi) is 18.8. The van der Waals surface area contributed by atoms with Crippen molar-refractivity contribution in [1.82, 2.24) is 24.8 Å². The fourth-order valence-corrected chi connectivity index (χ4v) is 6.11. The van der Waals surface area contributed by atoms with Crippen LogP contribution in [0.3, 0.4) is 0 Å². The highest BCUT2D eigenvalue weighted by atomic mass is 32.2. The van der Waals surface area contributed by atoms with Crippen molar-refractivity contribution in [1.29, 1.82) is 0 Å². The Hall–Kier alpha value is -0.570. The molecule has 208 valence electrons. The van der Waals surface area contributed by atoms with Crippen molar-refractivity contribution in [2.45, 2.75) is 114 Å². The Bertz CT molecular complexity index is 655. The number of likely N-dealkylation sites (N-methyl/N-ethyl adjacent to an activating group) is 1. The first-order chi connectivity index (χ1) is 17.7. The predicted molar refractivity (Wildman–Crippen MR) is 160 cm³/mol. The van der Waals surface area contributed by atoms with Gasteiger partial charge < -0.3 is 15.1 Å². The highest BCUT2D eigenvalue weighted by Crippen LogP contribution is 2.23. The van der Waals surface area contributed by atoms with E-state index in [1.165, 1.54) is 110 Å². The van der Waals surface area contributed by atoms with Crippen LogP contribution in [0.5, 0.6) is 0 Å². The summed E-state index contributed by atoms with van der Waals surface area (Å²) >= 11 is 3.60. The Morgan fingerprint density at radius 2 is 1.14 bits per heavy atom. The normalized spacial score (nSPS) is 15.0. The Morgan fingerprint density at radius 1 is 0.639 bits per heavy atom. The molecule has 0 spiro atoms. The van der Waals surface area contributed by atoms with Crippen LogP contribution in [0.15, 0.2) is 10.3 Å². The molecule has 1 N–H and O–H groups in total. The maximum absolute atomic E-state index is 4.79. The van der Waals surface area contributed by atoms with Crippen LogP contribution in [0.1, 0.15) is 104 Å². The van der Waals surface area contributed by atoms with Crippen molar-refractivity contribution >= 4 is 29.5 Å². The average molecular weight is 539 g/mol. The monoisotopic (exact) mass is 538 g/mol. The third kappa shape index (κ3) is 15.6. The van der Waals surface area contributed by atoms with Gasteiger partial charge in [-0.2, -0.15) is 15.0 Å². The molecular formula is C28H54N6S2. The maximum atomic E-state index is 4.79. The van der Waals surface area contributed by atoms with E-state index in [-0.39, 0.29) is 0 Å². The molecule has 0 unspecified atom stereocenters.